The van der Waals surface area contributed by atoms with Gasteiger partial charge in [-0.2, -0.15) is 0 Å². The van der Waals surface area contributed by atoms with E-state index in [2.05, 4.69) is 22.4 Å². The highest BCUT2D eigenvalue weighted by Gasteiger charge is 2.27. The van der Waals surface area contributed by atoms with Gasteiger partial charge in [0.05, 0.1) is 5.25 Å². The van der Waals surface area contributed by atoms with Crippen LogP contribution in [-0.2, 0) is 4.79 Å². The highest BCUT2D eigenvalue weighted by atomic mass is 32.2. The van der Waals surface area contributed by atoms with Crippen LogP contribution in [0.25, 0.3) is 17.1 Å². The Morgan fingerprint density at radius 3 is 2.40 bits per heavy atom. The summed E-state index contributed by atoms with van der Waals surface area (Å²) in [6.07, 6.45) is 4.72. The van der Waals surface area contributed by atoms with Crippen molar-refractivity contribution in [2.24, 2.45) is 5.92 Å². The first kappa shape index (κ1) is 20.7. The van der Waals surface area contributed by atoms with E-state index in [0.717, 1.165) is 28.7 Å². The van der Waals surface area contributed by atoms with Gasteiger partial charge >= 0.3 is 0 Å². The molecule has 5 nitrogen and oxygen atoms in total. The van der Waals surface area contributed by atoms with Gasteiger partial charge in [-0.25, -0.2) is 0 Å². The zero-order valence-electron chi connectivity index (χ0n) is 17.5. The van der Waals surface area contributed by atoms with E-state index in [4.69, 9.17) is 0 Å². The molecule has 1 saturated carbocycles. The minimum atomic E-state index is -0.255. The van der Waals surface area contributed by atoms with Crippen LogP contribution < -0.4 is 5.32 Å². The van der Waals surface area contributed by atoms with Crippen molar-refractivity contribution >= 4 is 17.7 Å². The Balaban J connectivity index is 1.58. The zero-order valence-corrected chi connectivity index (χ0v) is 18.3. The van der Waals surface area contributed by atoms with E-state index in [1.807, 2.05) is 72.2 Å². The van der Waals surface area contributed by atoms with Crippen LogP contribution >= 0.6 is 11.8 Å². The molecule has 6 heteroatoms. The van der Waals surface area contributed by atoms with Gasteiger partial charge in [-0.3, -0.25) is 9.36 Å². The van der Waals surface area contributed by atoms with Crippen LogP contribution in [0.15, 0.2) is 65.8 Å². The number of aromatic nitrogens is 3. The predicted octanol–water partition coefficient (Wildman–Crippen LogP) is 5.11. The highest BCUT2D eigenvalue weighted by molar-refractivity contribution is 8.00. The minimum absolute atomic E-state index is 0.0719. The molecule has 2 aromatic carbocycles. The maximum atomic E-state index is 12.9. The maximum absolute atomic E-state index is 12.9. The summed E-state index contributed by atoms with van der Waals surface area (Å²) in [6, 6.07) is 20.4. The lowest BCUT2D eigenvalue weighted by molar-refractivity contribution is -0.121. The minimum Gasteiger partial charge on any atom is -0.352 e. The molecule has 0 bridgehead atoms. The molecule has 0 aliphatic heterocycles. The van der Waals surface area contributed by atoms with E-state index >= 15 is 0 Å². The van der Waals surface area contributed by atoms with Gasteiger partial charge < -0.3 is 5.32 Å². The van der Waals surface area contributed by atoms with Crippen molar-refractivity contribution in [2.45, 2.75) is 56.0 Å². The van der Waals surface area contributed by atoms with Crippen molar-refractivity contribution in [1.82, 2.24) is 20.1 Å². The molecule has 0 radical (unpaired) electrons. The molecule has 3 unspecified atom stereocenters. The molecule has 3 aromatic rings. The van der Waals surface area contributed by atoms with E-state index < -0.39 is 0 Å². The first-order valence-electron chi connectivity index (χ1n) is 10.7. The van der Waals surface area contributed by atoms with Gasteiger partial charge in [0.1, 0.15) is 0 Å². The summed E-state index contributed by atoms with van der Waals surface area (Å²) >= 11 is 1.46. The average Bonchev–Trinajstić information content (AvgIpc) is 3.20. The Kier molecular flexibility index (Phi) is 6.53. The van der Waals surface area contributed by atoms with Crippen LogP contribution in [0.4, 0.5) is 0 Å². The second-order valence-electron chi connectivity index (χ2n) is 7.98. The Hall–Kier alpha value is -2.60. The number of para-hydroxylation sites is 1. The summed E-state index contributed by atoms with van der Waals surface area (Å²) < 4.78 is 2.03. The topological polar surface area (TPSA) is 59.8 Å². The van der Waals surface area contributed by atoms with Crippen LogP contribution in [0.5, 0.6) is 0 Å². The van der Waals surface area contributed by atoms with Crippen molar-refractivity contribution in [1.29, 1.82) is 0 Å². The molecular weight excluding hydrogens is 392 g/mol. The van der Waals surface area contributed by atoms with Gasteiger partial charge in [0.2, 0.25) is 5.91 Å². The standard InChI is InChI=1S/C24H28N4OS/c1-17-11-9-10-16-21(17)25-23(29)18(2)30-24-27-26-22(19-12-5-3-6-13-19)28(24)20-14-7-4-8-15-20/h3-8,12-15,17-18,21H,9-11,16H2,1-2H3,(H,25,29). The Bertz CT molecular complexity index is 973. The monoisotopic (exact) mass is 420 g/mol. The molecule has 1 amide bonds. The molecule has 4 rings (SSSR count). The molecule has 3 atom stereocenters. The molecule has 1 aliphatic rings. The zero-order chi connectivity index (χ0) is 20.9. The Labute approximate surface area is 182 Å². The molecular formula is C24H28N4OS. The molecule has 1 aliphatic carbocycles. The number of carbonyl (C=O) groups excluding carboxylic acids is 1. The molecule has 0 saturated heterocycles. The smallest absolute Gasteiger partial charge is 0.233 e. The third-order valence-electron chi connectivity index (χ3n) is 5.77. The van der Waals surface area contributed by atoms with Gasteiger partial charge in [-0.1, -0.05) is 80.1 Å². The van der Waals surface area contributed by atoms with Gasteiger partial charge in [0, 0.05) is 17.3 Å². The second-order valence-corrected chi connectivity index (χ2v) is 9.29. The number of carbonyl (C=O) groups is 1. The maximum Gasteiger partial charge on any atom is 0.233 e. The second kappa shape index (κ2) is 9.47. The summed E-state index contributed by atoms with van der Waals surface area (Å²) in [7, 11) is 0. The van der Waals surface area contributed by atoms with Crippen LogP contribution in [0.1, 0.15) is 39.5 Å². The number of nitrogens with zero attached hydrogens (tertiary/aromatic N) is 3. The first-order chi connectivity index (χ1) is 14.6. The summed E-state index contributed by atoms with van der Waals surface area (Å²) in [5.74, 6) is 1.39. The lowest BCUT2D eigenvalue weighted by Gasteiger charge is -2.30. The van der Waals surface area contributed by atoms with Gasteiger partial charge in [-0.15, -0.1) is 10.2 Å². The SMILES string of the molecule is CC(Sc1nnc(-c2ccccc2)n1-c1ccccc1)C(=O)NC1CCCCC1C. The number of rotatable bonds is 6. The Morgan fingerprint density at radius 1 is 1.03 bits per heavy atom. The van der Waals surface area contributed by atoms with E-state index in [1.165, 1.54) is 31.0 Å². The van der Waals surface area contributed by atoms with Crippen LogP contribution in [0, 0.1) is 5.92 Å². The fraction of sp³-hybridized carbons (Fsp3) is 0.375. The van der Waals surface area contributed by atoms with Crippen molar-refractivity contribution in [2.75, 3.05) is 0 Å². The largest absolute Gasteiger partial charge is 0.352 e. The predicted molar refractivity (Wildman–Crippen MR) is 122 cm³/mol. The van der Waals surface area contributed by atoms with E-state index in [-0.39, 0.29) is 17.2 Å². The van der Waals surface area contributed by atoms with E-state index in [0.29, 0.717) is 5.92 Å². The molecule has 1 aromatic heterocycles. The van der Waals surface area contributed by atoms with Gasteiger partial charge in [-0.05, 0) is 37.8 Å². The van der Waals surface area contributed by atoms with Crippen molar-refractivity contribution in [3.8, 4) is 17.1 Å². The van der Waals surface area contributed by atoms with Crippen molar-refractivity contribution in [3.63, 3.8) is 0 Å². The lowest BCUT2D eigenvalue weighted by Crippen LogP contribution is -2.44. The number of nitrogens with one attached hydrogen (secondary N) is 1. The van der Waals surface area contributed by atoms with Crippen LogP contribution in [0.2, 0.25) is 0 Å². The molecule has 156 valence electrons. The summed E-state index contributed by atoms with van der Waals surface area (Å²) in [5.41, 5.74) is 1.98. The summed E-state index contributed by atoms with van der Waals surface area (Å²) in [5, 5.41) is 12.6. The molecule has 1 fully saturated rings. The number of thioether (sulfide) groups is 1. The average molecular weight is 421 g/mol. The third-order valence-corrected chi connectivity index (χ3v) is 6.81. The fourth-order valence-corrected chi connectivity index (χ4v) is 4.85. The van der Waals surface area contributed by atoms with Crippen LogP contribution in [0.3, 0.4) is 0 Å². The van der Waals surface area contributed by atoms with E-state index in [1.54, 1.807) is 0 Å². The fourth-order valence-electron chi connectivity index (χ4n) is 3.97. The quantitative estimate of drug-likeness (QED) is 0.563. The van der Waals surface area contributed by atoms with E-state index in [9.17, 15) is 4.79 Å². The van der Waals surface area contributed by atoms with Crippen molar-refractivity contribution in [3.05, 3.63) is 60.7 Å². The molecule has 1 N–H and O–H groups in total. The Morgan fingerprint density at radius 2 is 1.70 bits per heavy atom. The number of hydrogen-bond donors (Lipinski definition) is 1. The summed E-state index contributed by atoms with van der Waals surface area (Å²) in [6.45, 7) is 4.18. The van der Waals surface area contributed by atoms with Gasteiger partial charge in [0.25, 0.3) is 0 Å². The lowest BCUT2D eigenvalue weighted by atomic mass is 9.86. The third kappa shape index (κ3) is 4.59. The van der Waals surface area contributed by atoms with Crippen molar-refractivity contribution < 1.29 is 4.79 Å². The summed E-state index contributed by atoms with van der Waals surface area (Å²) in [4.78, 5) is 12.9. The number of hydrogen-bond acceptors (Lipinski definition) is 4. The molecule has 0 spiro atoms. The molecule has 1 heterocycles. The first-order valence-corrected chi connectivity index (χ1v) is 11.5. The van der Waals surface area contributed by atoms with Crippen LogP contribution in [-0.4, -0.2) is 32.0 Å². The highest BCUT2D eigenvalue weighted by Crippen LogP contribution is 2.30. The molecule has 30 heavy (non-hydrogen) atoms. The number of amides is 1. The number of benzene rings is 2. The van der Waals surface area contributed by atoms with Gasteiger partial charge in [0.15, 0.2) is 11.0 Å². The normalized spacial score (nSPS) is 19.9.